The van der Waals surface area contributed by atoms with Gasteiger partial charge in [0, 0.05) is 3.57 Å². The highest BCUT2D eigenvalue weighted by atomic mass is 127. The highest BCUT2D eigenvalue weighted by Gasteiger charge is 2.17. The molecule has 1 aromatic carbocycles. The first-order valence-electron chi connectivity index (χ1n) is 2.81. The van der Waals surface area contributed by atoms with E-state index in [0.717, 1.165) is 12.1 Å². The standard InChI is InChI=1S/C6H3F2IO2S/c7-5-3-4(9)1-2-6(5)12(8,10)11/h1-3H. The molecular formula is C6H3F2IO2S. The zero-order chi connectivity index (χ0) is 9.35. The topological polar surface area (TPSA) is 34.1 Å². The smallest absolute Gasteiger partial charge is 0.205 e. The van der Waals surface area contributed by atoms with Crippen molar-refractivity contribution in [3.05, 3.63) is 27.6 Å². The lowest BCUT2D eigenvalue weighted by Gasteiger charge is -1.96. The first-order chi connectivity index (χ1) is 5.41. The number of hydrogen-bond donors (Lipinski definition) is 0. The van der Waals surface area contributed by atoms with E-state index in [1.54, 1.807) is 22.6 Å². The van der Waals surface area contributed by atoms with Gasteiger partial charge in [-0.05, 0) is 40.8 Å². The lowest BCUT2D eigenvalue weighted by Crippen LogP contribution is -1.96. The Balaban J connectivity index is 3.39. The van der Waals surface area contributed by atoms with Gasteiger partial charge in [0.05, 0.1) is 0 Å². The molecule has 1 rings (SSSR count). The van der Waals surface area contributed by atoms with Crippen LogP contribution in [-0.2, 0) is 10.2 Å². The van der Waals surface area contributed by atoms with E-state index in [1.165, 1.54) is 6.07 Å². The fourth-order valence-electron chi connectivity index (χ4n) is 0.673. The molecule has 6 heteroatoms. The Labute approximate surface area is 81.9 Å². The second-order valence-corrected chi connectivity index (χ2v) is 4.57. The lowest BCUT2D eigenvalue weighted by molar-refractivity contribution is 0.533. The summed E-state index contributed by atoms with van der Waals surface area (Å²) in [6.45, 7) is 0. The van der Waals surface area contributed by atoms with Crippen LogP contribution in [-0.4, -0.2) is 8.42 Å². The van der Waals surface area contributed by atoms with E-state index in [4.69, 9.17) is 0 Å². The van der Waals surface area contributed by atoms with Gasteiger partial charge in [0.2, 0.25) is 0 Å². The minimum absolute atomic E-state index is 0.512. The number of rotatable bonds is 1. The van der Waals surface area contributed by atoms with Crippen LogP contribution in [0.25, 0.3) is 0 Å². The third-order valence-electron chi connectivity index (χ3n) is 1.16. The largest absolute Gasteiger partial charge is 0.335 e. The van der Waals surface area contributed by atoms with E-state index >= 15 is 0 Å². The zero-order valence-electron chi connectivity index (χ0n) is 5.59. The Bertz CT molecular complexity index is 402. The van der Waals surface area contributed by atoms with Crippen molar-refractivity contribution in [3.63, 3.8) is 0 Å². The van der Waals surface area contributed by atoms with Gasteiger partial charge in [-0.3, -0.25) is 0 Å². The molecule has 0 saturated carbocycles. The zero-order valence-corrected chi connectivity index (χ0v) is 8.56. The summed E-state index contributed by atoms with van der Waals surface area (Å²) in [7, 11) is -4.93. The van der Waals surface area contributed by atoms with Gasteiger partial charge in [-0.15, -0.1) is 3.89 Å². The average Bonchev–Trinajstić information content (AvgIpc) is 1.83. The molecular weight excluding hydrogens is 301 g/mol. The normalized spacial score (nSPS) is 11.6. The maximum atomic E-state index is 12.7. The molecule has 0 aliphatic carbocycles. The van der Waals surface area contributed by atoms with Crippen molar-refractivity contribution < 1.29 is 16.7 Å². The number of halogens is 3. The Morgan fingerprint density at radius 1 is 1.33 bits per heavy atom. The van der Waals surface area contributed by atoms with E-state index in [1.807, 2.05) is 0 Å². The van der Waals surface area contributed by atoms with Crippen LogP contribution in [0.3, 0.4) is 0 Å². The first kappa shape index (κ1) is 9.85. The molecule has 0 aliphatic heterocycles. The van der Waals surface area contributed by atoms with Crippen LogP contribution in [0.2, 0.25) is 0 Å². The molecule has 0 unspecified atom stereocenters. The van der Waals surface area contributed by atoms with Gasteiger partial charge in [0.15, 0.2) is 0 Å². The molecule has 0 bridgehead atoms. The average molecular weight is 304 g/mol. The van der Waals surface area contributed by atoms with Crippen molar-refractivity contribution in [2.75, 3.05) is 0 Å². The summed E-state index contributed by atoms with van der Waals surface area (Å²) in [5.74, 6) is -1.07. The molecule has 0 fully saturated rings. The van der Waals surface area contributed by atoms with Gasteiger partial charge in [-0.25, -0.2) is 4.39 Å². The van der Waals surface area contributed by atoms with Gasteiger partial charge in [-0.1, -0.05) is 0 Å². The molecule has 2 nitrogen and oxygen atoms in total. The molecule has 0 heterocycles. The van der Waals surface area contributed by atoms with Crippen molar-refractivity contribution in [2.24, 2.45) is 0 Å². The van der Waals surface area contributed by atoms with E-state index in [0.29, 0.717) is 3.57 Å². The van der Waals surface area contributed by atoms with Crippen molar-refractivity contribution in [1.29, 1.82) is 0 Å². The van der Waals surface area contributed by atoms with Gasteiger partial charge in [0.1, 0.15) is 10.7 Å². The summed E-state index contributed by atoms with van der Waals surface area (Å²) < 4.78 is 46.0. The van der Waals surface area contributed by atoms with E-state index in [2.05, 4.69) is 0 Å². The maximum Gasteiger partial charge on any atom is 0.335 e. The molecule has 0 spiro atoms. The molecule has 0 aromatic heterocycles. The minimum atomic E-state index is -4.93. The van der Waals surface area contributed by atoms with Crippen molar-refractivity contribution in [3.8, 4) is 0 Å². The summed E-state index contributed by atoms with van der Waals surface area (Å²) in [6, 6.07) is 3.16. The Hall–Kier alpha value is -0.240. The van der Waals surface area contributed by atoms with E-state index < -0.39 is 20.9 Å². The van der Waals surface area contributed by atoms with Crippen LogP contribution in [0, 0.1) is 9.39 Å². The fraction of sp³-hybridized carbons (Fsp3) is 0. The van der Waals surface area contributed by atoms with E-state index in [-0.39, 0.29) is 0 Å². The quantitative estimate of drug-likeness (QED) is 0.588. The van der Waals surface area contributed by atoms with Crippen LogP contribution in [0.15, 0.2) is 23.1 Å². The third-order valence-corrected chi connectivity index (χ3v) is 2.68. The van der Waals surface area contributed by atoms with Crippen LogP contribution in [0.1, 0.15) is 0 Å². The minimum Gasteiger partial charge on any atom is -0.205 e. The maximum absolute atomic E-state index is 12.7. The number of hydrogen-bond acceptors (Lipinski definition) is 2. The summed E-state index contributed by atoms with van der Waals surface area (Å²) in [5.41, 5.74) is 0. The van der Waals surface area contributed by atoms with Crippen molar-refractivity contribution in [2.45, 2.75) is 4.90 Å². The fourth-order valence-corrected chi connectivity index (χ4v) is 1.65. The summed E-state index contributed by atoms with van der Waals surface area (Å²) in [5, 5.41) is 0. The predicted octanol–water partition coefficient (Wildman–Crippen LogP) is 2.09. The summed E-state index contributed by atoms with van der Waals surface area (Å²) in [4.78, 5) is -0.914. The molecule has 0 N–H and O–H groups in total. The Kier molecular flexibility index (Phi) is 2.67. The van der Waals surface area contributed by atoms with E-state index in [9.17, 15) is 16.7 Å². The Morgan fingerprint density at radius 3 is 2.33 bits per heavy atom. The third kappa shape index (κ3) is 2.13. The second kappa shape index (κ2) is 3.25. The molecule has 0 saturated heterocycles. The Morgan fingerprint density at radius 2 is 1.92 bits per heavy atom. The molecule has 12 heavy (non-hydrogen) atoms. The van der Waals surface area contributed by atoms with Gasteiger partial charge >= 0.3 is 10.2 Å². The monoisotopic (exact) mass is 304 g/mol. The molecule has 0 amide bonds. The molecule has 66 valence electrons. The molecule has 0 atom stereocenters. The van der Waals surface area contributed by atoms with Gasteiger partial charge < -0.3 is 0 Å². The van der Waals surface area contributed by atoms with Crippen LogP contribution in [0.4, 0.5) is 8.28 Å². The van der Waals surface area contributed by atoms with Crippen molar-refractivity contribution in [1.82, 2.24) is 0 Å². The van der Waals surface area contributed by atoms with Gasteiger partial charge in [0.25, 0.3) is 0 Å². The summed E-state index contributed by atoms with van der Waals surface area (Å²) >= 11 is 1.79. The lowest BCUT2D eigenvalue weighted by atomic mass is 10.3. The summed E-state index contributed by atoms with van der Waals surface area (Å²) in [6.07, 6.45) is 0. The van der Waals surface area contributed by atoms with Gasteiger partial charge in [-0.2, -0.15) is 8.42 Å². The SMILES string of the molecule is O=S(=O)(F)c1ccc(I)cc1F. The molecule has 0 aliphatic rings. The molecule has 1 aromatic rings. The van der Waals surface area contributed by atoms with Crippen LogP contribution >= 0.6 is 22.6 Å². The highest BCUT2D eigenvalue weighted by molar-refractivity contribution is 14.1. The van der Waals surface area contributed by atoms with Crippen LogP contribution < -0.4 is 0 Å². The van der Waals surface area contributed by atoms with Crippen LogP contribution in [0.5, 0.6) is 0 Å². The highest BCUT2D eigenvalue weighted by Crippen LogP contribution is 2.18. The number of benzene rings is 1. The van der Waals surface area contributed by atoms with Crippen molar-refractivity contribution >= 4 is 32.8 Å². The predicted molar refractivity (Wildman–Crippen MR) is 47.4 cm³/mol. The first-order valence-corrected chi connectivity index (χ1v) is 5.27. The molecule has 0 radical (unpaired) electrons. The second-order valence-electron chi connectivity index (χ2n) is 2.01.